The fraction of sp³-hybridized carbons (Fsp3) is 1.00. The van der Waals surface area contributed by atoms with E-state index in [1.54, 1.807) is 0 Å². The summed E-state index contributed by atoms with van der Waals surface area (Å²) in [6.07, 6.45) is 4.23. The van der Waals surface area contributed by atoms with Gasteiger partial charge in [0, 0.05) is 31.2 Å². The van der Waals surface area contributed by atoms with Crippen molar-refractivity contribution in [1.82, 2.24) is 10.2 Å². The van der Waals surface area contributed by atoms with E-state index in [1.165, 1.54) is 32.4 Å². The first kappa shape index (κ1) is 11.4. The van der Waals surface area contributed by atoms with Gasteiger partial charge in [-0.1, -0.05) is 20.3 Å². The van der Waals surface area contributed by atoms with E-state index < -0.39 is 0 Å². The Hall–Kier alpha value is -0.0800. The van der Waals surface area contributed by atoms with Crippen LogP contribution in [0.1, 0.15) is 47.0 Å². The first-order valence-corrected chi connectivity index (χ1v) is 6.40. The summed E-state index contributed by atoms with van der Waals surface area (Å²) in [6.45, 7) is 13.1. The normalized spacial score (nSPS) is 35.6. The van der Waals surface area contributed by atoms with Crippen molar-refractivity contribution in [3.8, 4) is 0 Å². The molecule has 1 N–H and O–H groups in total. The Kier molecular flexibility index (Phi) is 2.85. The van der Waals surface area contributed by atoms with Crippen LogP contribution in [-0.2, 0) is 0 Å². The molecule has 2 rings (SSSR count). The van der Waals surface area contributed by atoms with Crippen molar-refractivity contribution in [1.29, 1.82) is 0 Å². The lowest BCUT2D eigenvalue weighted by molar-refractivity contribution is 0.0600. The highest BCUT2D eigenvalue weighted by Crippen LogP contribution is 2.41. The van der Waals surface area contributed by atoms with E-state index in [0.29, 0.717) is 11.0 Å². The van der Waals surface area contributed by atoms with Gasteiger partial charge >= 0.3 is 0 Å². The van der Waals surface area contributed by atoms with Crippen LogP contribution in [-0.4, -0.2) is 36.1 Å². The minimum absolute atomic E-state index is 0.302. The van der Waals surface area contributed by atoms with Gasteiger partial charge < -0.3 is 5.32 Å². The third-order valence-corrected chi connectivity index (χ3v) is 4.24. The predicted octanol–water partition coefficient (Wildman–Crippen LogP) is 2.25. The molecule has 1 aliphatic carbocycles. The molecule has 0 aromatic heterocycles. The molecule has 0 spiro atoms. The quantitative estimate of drug-likeness (QED) is 0.714. The van der Waals surface area contributed by atoms with E-state index in [1.807, 2.05) is 0 Å². The van der Waals surface area contributed by atoms with E-state index in [-0.39, 0.29) is 0 Å². The summed E-state index contributed by atoms with van der Waals surface area (Å²) in [6, 6.07) is 0.818. The molecule has 0 radical (unpaired) electrons. The second-order valence-electron chi connectivity index (χ2n) is 6.68. The van der Waals surface area contributed by atoms with E-state index in [4.69, 9.17) is 0 Å². The van der Waals surface area contributed by atoms with Gasteiger partial charge in [-0.25, -0.2) is 0 Å². The van der Waals surface area contributed by atoms with Gasteiger partial charge in [0.25, 0.3) is 0 Å². The molecule has 2 heteroatoms. The smallest absolute Gasteiger partial charge is 0.0252 e. The van der Waals surface area contributed by atoms with Gasteiger partial charge in [-0.2, -0.15) is 0 Å². The summed E-state index contributed by atoms with van der Waals surface area (Å²) in [7, 11) is 0. The fourth-order valence-corrected chi connectivity index (χ4v) is 3.43. The van der Waals surface area contributed by atoms with E-state index in [2.05, 4.69) is 37.9 Å². The standard InChI is InChI=1S/C13H26N2/c1-12(2)7-5-6-11(12)15-9-8-14-13(3,4)10-15/h11,14H,5-10H2,1-4H3. The van der Waals surface area contributed by atoms with Crippen LogP contribution in [0.4, 0.5) is 0 Å². The zero-order valence-corrected chi connectivity index (χ0v) is 10.8. The van der Waals surface area contributed by atoms with Crippen molar-refractivity contribution in [2.75, 3.05) is 19.6 Å². The van der Waals surface area contributed by atoms with Gasteiger partial charge in [0.2, 0.25) is 0 Å². The van der Waals surface area contributed by atoms with Crippen molar-refractivity contribution in [2.24, 2.45) is 5.41 Å². The number of hydrogen-bond donors (Lipinski definition) is 1. The lowest BCUT2D eigenvalue weighted by Crippen LogP contribution is -2.60. The number of nitrogens with zero attached hydrogens (tertiary/aromatic N) is 1. The third-order valence-electron chi connectivity index (χ3n) is 4.24. The molecule has 0 amide bonds. The Morgan fingerprint density at radius 3 is 2.47 bits per heavy atom. The molecule has 1 heterocycles. The summed E-state index contributed by atoms with van der Waals surface area (Å²) >= 11 is 0. The average Bonchev–Trinajstić information content (AvgIpc) is 2.43. The molecule has 1 aliphatic heterocycles. The van der Waals surface area contributed by atoms with Crippen LogP contribution in [0.15, 0.2) is 0 Å². The average molecular weight is 210 g/mol. The maximum Gasteiger partial charge on any atom is 0.0252 e. The fourth-order valence-electron chi connectivity index (χ4n) is 3.43. The molecular weight excluding hydrogens is 184 g/mol. The highest BCUT2D eigenvalue weighted by molar-refractivity contribution is 4.97. The molecule has 2 aliphatic rings. The van der Waals surface area contributed by atoms with Crippen molar-refractivity contribution in [2.45, 2.75) is 58.5 Å². The van der Waals surface area contributed by atoms with Crippen LogP contribution >= 0.6 is 0 Å². The maximum atomic E-state index is 3.60. The molecule has 1 saturated carbocycles. The molecule has 2 fully saturated rings. The molecule has 88 valence electrons. The Morgan fingerprint density at radius 1 is 1.20 bits per heavy atom. The zero-order chi connectivity index (χ0) is 11.1. The lowest BCUT2D eigenvalue weighted by Gasteiger charge is -2.46. The summed E-state index contributed by atoms with van der Waals surface area (Å²) in [5.74, 6) is 0. The van der Waals surface area contributed by atoms with Crippen LogP contribution in [0, 0.1) is 5.41 Å². The van der Waals surface area contributed by atoms with Crippen molar-refractivity contribution in [3.05, 3.63) is 0 Å². The van der Waals surface area contributed by atoms with Gasteiger partial charge in [0.05, 0.1) is 0 Å². The largest absolute Gasteiger partial charge is 0.309 e. The predicted molar refractivity (Wildman–Crippen MR) is 65.1 cm³/mol. The molecule has 0 aromatic carbocycles. The number of hydrogen-bond acceptors (Lipinski definition) is 2. The second-order valence-corrected chi connectivity index (χ2v) is 6.68. The summed E-state index contributed by atoms with van der Waals surface area (Å²) in [5, 5.41) is 3.60. The molecule has 0 aromatic rings. The van der Waals surface area contributed by atoms with Gasteiger partial charge in [-0.05, 0) is 32.1 Å². The number of piperazine rings is 1. The van der Waals surface area contributed by atoms with Crippen LogP contribution in [0.3, 0.4) is 0 Å². The molecule has 15 heavy (non-hydrogen) atoms. The van der Waals surface area contributed by atoms with Crippen molar-refractivity contribution in [3.63, 3.8) is 0 Å². The van der Waals surface area contributed by atoms with Gasteiger partial charge in [-0.15, -0.1) is 0 Å². The Balaban J connectivity index is 2.04. The topological polar surface area (TPSA) is 15.3 Å². The molecule has 0 bridgehead atoms. The third kappa shape index (κ3) is 2.36. The van der Waals surface area contributed by atoms with Crippen LogP contribution in [0.2, 0.25) is 0 Å². The minimum atomic E-state index is 0.302. The van der Waals surface area contributed by atoms with Gasteiger partial charge in [-0.3, -0.25) is 4.90 Å². The summed E-state index contributed by atoms with van der Waals surface area (Å²) < 4.78 is 0. The summed E-state index contributed by atoms with van der Waals surface area (Å²) in [5.41, 5.74) is 0.838. The van der Waals surface area contributed by atoms with E-state index in [0.717, 1.165) is 12.6 Å². The molecular formula is C13H26N2. The Morgan fingerprint density at radius 2 is 1.93 bits per heavy atom. The van der Waals surface area contributed by atoms with E-state index >= 15 is 0 Å². The van der Waals surface area contributed by atoms with Crippen molar-refractivity contribution < 1.29 is 0 Å². The van der Waals surface area contributed by atoms with Gasteiger partial charge in [0.1, 0.15) is 0 Å². The SMILES string of the molecule is CC1(C)CN(C2CCCC2(C)C)CCN1. The first-order chi connectivity index (χ1) is 6.91. The lowest BCUT2D eigenvalue weighted by atomic mass is 9.85. The van der Waals surface area contributed by atoms with Crippen LogP contribution < -0.4 is 5.32 Å². The highest BCUT2D eigenvalue weighted by atomic mass is 15.2. The Labute approximate surface area is 94.4 Å². The molecule has 1 atom stereocenters. The zero-order valence-electron chi connectivity index (χ0n) is 10.8. The van der Waals surface area contributed by atoms with E-state index in [9.17, 15) is 0 Å². The monoisotopic (exact) mass is 210 g/mol. The second kappa shape index (κ2) is 3.74. The number of rotatable bonds is 1. The molecule has 2 nitrogen and oxygen atoms in total. The van der Waals surface area contributed by atoms with Crippen LogP contribution in [0.25, 0.3) is 0 Å². The maximum absolute atomic E-state index is 3.60. The summed E-state index contributed by atoms with van der Waals surface area (Å²) in [4.78, 5) is 2.73. The Bertz CT molecular complexity index is 233. The minimum Gasteiger partial charge on any atom is -0.309 e. The van der Waals surface area contributed by atoms with Crippen LogP contribution in [0.5, 0.6) is 0 Å². The van der Waals surface area contributed by atoms with Gasteiger partial charge in [0.15, 0.2) is 0 Å². The van der Waals surface area contributed by atoms with Crippen molar-refractivity contribution >= 4 is 0 Å². The first-order valence-electron chi connectivity index (χ1n) is 6.40. The number of nitrogens with one attached hydrogen (secondary N) is 1. The molecule has 1 saturated heterocycles. The highest BCUT2D eigenvalue weighted by Gasteiger charge is 2.40. The molecule has 1 unspecified atom stereocenters.